The monoisotopic (exact) mass is 271 g/mol. The van der Waals surface area contributed by atoms with Gasteiger partial charge in [0.15, 0.2) is 0 Å². The zero-order valence-corrected chi connectivity index (χ0v) is 12.2. The van der Waals surface area contributed by atoms with Crippen LogP contribution in [0, 0.1) is 13.8 Å². The molecular formula is C16H21N3O. The standard InChI is InChI=1S/C16H21N3O/c1-13-3-5-16(6-4-13)19-9-7-18(8-10-19)12-15-11-14(2)20-17-15/h3-6,11H,7-10,12H2,1-2H3. The largest absolute Gasteiger partial charge is 0.369 e. The fourth-order valence-electron chi connectivity index (χ4n) is 2.64. The number of hydrogen-bond acceptors (Lipinski definition) is 4. The van der Waals surface area contributed by atoms with Gasteiger partial charge >= 0.3 is 0 Å². The van der Waals surface area contributed by atoms with E-state index in [9.17, 15) is 0 Å². The Hall–Kier alpha value is -1.81. The number of aryl methyl sites for hydroxylation is 2. The second-order valence-corrected chi connectivity index (χ2v) is 5.53. The molecule has 0 saturated carbocycles. The number of hydrogen-bond donors (Lipinski definition) is 0. The molecule has 0 radical (unpaired) electrons. The Bertz CT molecular complexity index is 553. The number of aromatic nitrogens is 1. The highest BCUT2D eigenvalue weighted by atomic mass is 16.5. The maximum Gasteiger partial charge on any atom is 0.133 e. The summed E-state index contributed by atoms with van der Waals surface area (Å²) in [6.07, 6.45) is 0. The number of anilines is 1. The van der Waals surface area contributed by atoms with Gasteiger partial charge in [-0.15, -0.1) is 0 Å². The third-order valence-corrected chi connectivity index (χ3v) is 3.83. The third-order valence-electron chi connectivity index (χ3n) is 3.83. The van der Waals surface area contributed by atoms with E-state index in [0.29, 0.717) is 0 Å². The van der Waals surface area contributed by atoms with Crippen LogP contribution in [0.25, 0.3) is 0 Å². The SMILES string of the molecule is Cc1ccc(N2CCN(Cc3cc(C)on3)CC2)cc1. The van der Waals surface area contributed by atoms with Crippen LogP contribution in [0.1, 0.15) is 17.0 Å². The van der Waals surface area contributed by atoms with E-state index in [-0.39, 0.29) is 0 Å². The molecule has 0 bridgehead atoms. The van der Waals surface area contributed by atoms with E-state index in [2.05, 4.69) is 46.1 Å². The molecule has 3 rings (SSSR count). The first-order valence-corrected chi connectivity index (χ1v) is 7.17. The highest BCUT2D eigenvalue weighted by Gasteiger charge is 2.18. The molecule has 1 aromatic heterocycles. The molecule has 4 heteroatoms. The van der Waals surface area contributed by atoms with Gasteiger partial charge in [-0.2, -0.15) is 0 Å². The van der Waals surface area contributed by atoms with Crippen molar-refractivity contribution in [2.75, 3.05) is 31.1 Å². The van der Waals surface area contributed by atoms with Crippen LogP contribution in [-0.2, 0) is 6.54 Å². The summed E-state index contributed by atoms with van der Waals surface area (Å²) in [5.41, 5.74) is 3.67. The lowest BCUT2D eigenvalue weighted by atomic mass is 10.2. The molecule has 0 aliphatic carbocycles. The summed E-state index contributed by atoms with van der Waals surface area (Å²) < 4.78 is 5.12. The first-order chi connectivity index (χ1) is 9.70. The predicted molar refractivity (Wildman–Crippen MR) is 79.9 cm³/mol. The molecular weight excluding hydrogens is 250 g/mol. The van der Waals surface area contributed by atoms with Crippen molar-refractivity contribution in [2.24, 2.45) is 0 Å². The highest BCUT2D eigenvalue weighted by Crippen LogP contribution is 2.18. The minimum absolute atomic E-state index is 0.887. The summed E-state index contributed by atoms with van der Waals surface area (Å²) in [7, 11) is 0. The maximum atomic E-state index is 5.12. The Morgan fingerprint density at radius 3 is 2.35 bits per heavy atom. The highest BCUT2D eigenvalue weighted by molar-refractivity contribution is 5.47. The topological polar surface area (TPSA) is 32.5 Å². The zero-order valence-electron chi connectivity index (χ0n) is 12.2. The van der Waals surface area contributed by atoms with Crippen molar-refractivity contribution in [2.45, 2.75) is 20.4 Å². The van der Waals surface area contributed by atoms with E-state index >= 15 is 0 Å². The average molecular weight is 271 g/mol. The average Bonchev–Trinajstić information content (AvgIpc) is 2.86. The molecule has 0 spiro atoms. The molecule has 1 saturated heterocycles. The number of rotatable bonds is 3. The fraction of sp³-hybridized carbons (Fsp3) is 0.438. The summed E-state index contributed by atoms with van der Waals surface area (Å²) in [5, 5.41) is 4.07. The molecule has 2 aromatic rings. The quantitative estimate of drug-likeness (QED) is 0.859. The molecule has 20 heavy (non-hydrogen) atoms. The van der Waals surface area contributed by atoms with Gasteiger partial charge in [-0.3, -0.25) is 4.90 Å². The van der Waals surface area contributed by atoms with Crippen LogP contribution in [0.15, 0.2) is 34.9 Å². The van der Waals surface area contributed by atoms with Crippen molar-refractivity contribution in [1.29, 1.82) is 0 Å². The van der Waals surface area contributed by atoms with Crippen molar-refractivity contribution in [3.63, 3.8) is 0 Å². The van der Waals surface area contributed by atoms with E-state index < -0.39 is 0 Å². The normalized spacial score (nSPS) is 16.6. The van der Waals surface area contributed by atoms with Crippen molar-refractivity contribution >= 4 is 5.69 Å². The second-order valence-electron chi connectivity index (χ2n) is 5.53. The Balaban J connectivity index is 1.55. The Morgan fingerprint density at radius 1 is 1.05 bits per heavy atom. The molecule has 4 nitrogen and oxygen atoms in total. The molecule has 106 valence electrons. The van der Waals surface area contributed by atoms with E-state index in [1.807, 2.05) is 13.0 Å². The summed E-state index contributed by atoms with van der Waals surface area (Å²) in [4.78, 5) is 4.88. The van der Waals surface area contributed by atoms with Crippen LogP contribution in [-0.4, -0.2) is 36.2 Å². The van der Waals surface area contributed by atoms with Crippen LogP contribution in [0.3, 0.4) is 0 Å². The van der Waals surface area contributed by atoms with Gasteiger partial charge in [-0.05, 0) is 26.0 Å². The molecule has 1 aliphatic rings. The number of benzene rings is 1. The minimum Gasteiger partial charge on any atom is -0.369 e. The van der Waals surface area contributed by atoms with Crippen LogP contribution < -0.4 is 4.90 Å². The fourth-order valence-corrected chi connectivity index (χ4v) is 2.64. The van der Waals surface area contributed by atoms with Gasteiger partial charge in [0.1, 0.15) is 5.76 Å². The van der Waals surface area contributed by atoms with E-state index in [4.69, 9.17) is 4.52 Å². The van der Waals surface area contributed by atoms with Crippen LogP contribution in [0.4, 0.5) is 5.69 Å². The summed E-state index contributed by atoms with van der Waals surface area (Å²) in [5.74, 6) is 0.887. The molecule has 0 amide bonds. The van der Waals surface area contributed by atoms with Gasteiger partial charge in [-0.1, -0.05) is 22.9 Å². The molecule has 0 atom stereocenters. The van der Waals surface area contributed by atoms with E-state index in [0.717, 1.165) is 44.2 Å². The van der Waals surface area contributed by atoms with Gasteiger partial charge in [0.2, 0.25) is 0 Å². The Labute approximate surface area is 120 Å². The minimum atomic E-state index is 0.887. The Kier molecular flexibility index (Phi) is 3.74. The third kappa shape index (κ3) is 3.02. The maximum absolute atomic E-state index is 5.12. The molecule has 2 heterocycles. The van der Waals surface area contributed by atoms with Crippen molar-refractivity contribution in [3.05, 3.63) is 47.3 Å². The lowest BCUT2D eigenvalue weighted by Crippen LogP contribution is -2.46. The first-order valence-electron chi connectivity index (χ1n) is 7.17. The Morgan fingerprint density at radius 2 is 1.75 bits per heavy atom. The van der Waals surface area contributed by atoms with Crippen LogP contribution in [0.2, 0.25) is 0 Å². The van der Waals surface area contributed by atoms with Gasteiger partial charge < -0.3 is 9.42 Å². The summed E-state index contributed by atoms with van der Waals surface area (Å²) in [6, 6.07) is 10.8. The predicted octanol–water partition coefficient (Wildman–Crippen LogP) is 2.61. The summed E-state index contributed by atoms with van der Waals surface area (Å²) in [6.45, 7) is 9.23. The van der Waals surface area contributed by atoms with Gasteiger partial charge in [0.25, 0.3) is 0 Å². The molecule has 1 aromatic carbocycles. The lowest BCUT2D eigenvalue weighted by Gasteiger charge is -2.35. The first kappa shape index (κ1) is 13.2. The second kappa shape index (κ2) is 5.67. The van der Waals surface area contributed by atoms with E-state index in [1.54, 1.807) is 0 Å². The lowest BCUT2D eigenvalue weighted by molar-refractivity contribution is 0.242. The zero-order chi connectivity index (χ0) is 13.9. The van der Waals surface area contributed by atoms with Crippen molar-refractivity contribution in [1.82, 2.24) is 10.1 Å². The van der Waals surface area contributed by atoms with Crippen LogP contribution in [0.5, 0.6) is 0 Å². The summed E-state index contributed by atoms with van der Waals surface area (Å²) >= 11 is 0. The smallest absolute Gasteiger partial charge is 0.133 e. The molecule has 1 aliphatic heterocycles. The number of nitrogens with zero attached hydrogens (tertiary/aromatic N) is 3. The van der Waals surface area contributed by atoms with Gasteiger partial charge in [0, 0.05) is 44.5 Å². The van der Waals surface area contributed by atoms with E-state index in [1.165, 1.54) is 11.3 Å². The van der Waals surface area contributed by atoms with Gasteiger partial charge in [-0.25, -0.2) is 0 Å². The van der Waals surface area contributed by atoms with Crippen molar-refractivity contribution < 1.29 is 4.52 Å². The van der Waals surface area contributed by atoms with Crippen LogP contribution >= 0.6 is 0 Å². The number of piperazine rings is 1. The molecule has 1 fully saturated rings. The molecule has 0 N–H and O–H groups in total. The van der Waals surface area contributed by atoms with Crippen molar-refractivity contribution in [3.8, 4) is 0 Å². The van der Waals surface area contributed by atoms with Gasteiger partial charge in [0.05, 0.1) is 5.69 Å². The molecule has 0 unspecified atom stereocenters.